The van der Waals surface area contributed by atoms with Crippen molar-refractivity contribution in [3.05, 3.63) is 90.3 Å². The smallest absolute Gasteiger partial charge is 0.296 e. The summed E-state index contributed by atoms with van der Waals surface area (Å²) in [5.74, 6) is -0.537. The van der Waals surface area contributed by atoms with Crippen LogP contribution in [0, 0.1) is 0 Å². The number of azo groups is 1. The molecule has 132 valence electrons. The Balaban J connectivity index is 1.74. The zero-order valence-corrected chi connectivity index (χ0v) is 14.4. The lowest BCUT2D eigenvalue weighted by molar-refractivity contribution is 0.0994. The summed E-state index contributed by atoms with van der Waals surface area (Å²) in [4.78, 5) is 16.1. The first-order chi connectivity index (χ1) is 13.2. The topological polar surface area (TPSA) is 79.8 Å². The molecule has 0 spiro atoms. The number of para-hydroxylation sites is 1. The summed E-state index contributed by atoms with van der Waals surface area (Å²) in [6.45, 7) is 0.485. The minimum absolute atomic E-state index is 0.0252. The molecule has 27 heavy (non-hydrogen) atoms. The standard InChI is InChI=1S/C21H16N4O2/c26-20(16-9-6-12-22-13-16)24-23-19-17-10-4-5-11-18(17)25(21(19)27)14-15-7-2-1-3-8-15/h1-13,27H,14H2. The molecule has 0 aliphatic rings. The first kappa shape index (κ1) is 16.7. The monoisotopic (exact) mass is 356 g/mol. The Kier molecular flexibility index (Phi) is 4.45. The van der Waals surface area contributed by atoms with Crippen molar-refractivity contribution in [1.29, 1.82) is 0 Å². The number of nitrogens with zero attached hydrogens (tertiary/aromatic N) is 4. The summed E-state index contributed by atoms with van der Waals surface area (Å²) in [6.07, 6.45) is 3.01. The molecule has 0 atom stereocenters. The third-order valence-electron chi connectivity index (χ3n) is 4.25. The highest BCUT2D eigenvalue weighted by atomic mass is 16.3. The van der Waals surface area contributed by atoms with Gasteiger partial charge in [0.15, 0.2) is 5.69 Å². The van der Waals surface area contributed by atoms with Crippen LogP contribution in [0.4, 0.5) is 5.69 Å². The predicted molar refractivity (Wildman–Crippen MR) is 102 cm³/mol. The molecule has 2 aromatic heterocycles. The number of pyridine rings is 1. The van der Waals surface area contributed by atoms with E-state index in [1.165, 1.54) is 6.20 Å². The van der Waals surface area contributed by atoms with Crippen LogP contribution in [0.3, 0.4) is 0 Å². The van der Waals surface area contributed by atoms with Gasteiger partial charge in [-0.2, -0.15) is 0 Å². The Labute approximate surface area is 155 Å². The van der Waals surface area contributed by atoms with Crippen molar-refractivity contribution in [2.24, 2.45) is 10.2 Å². The molecule has 4 aromatic rings. The molecule has 1 N–H and O–H groups in total. The molecule has 0 aliphatic heterocycles. The van der Waals surface area contributed by atoms with Crippen molar-refractivity contribution < 1.29 is 9.90 Å². The zero-order chi connectivity index (χ0) is 18.6. The van der Waals surface area contributed by atoms with E-state index in [9.17, 15) is 9.90 Å². The molecule has 6 heteroatoms. The van der Waals surface area contributed by atoms with E-state index in [0.29, 0.717) is 12.1 Å². The van der Waals surface area contributed by atoms with Crippen molar-refractivity contribution in [2.75, 3.05) is 0 Å². The maximum atomic E-state index is 12.2. The third-order valence-corrected chi connectivity index (χ3v) is 4.25. The average Bonchev–Trinajstić information content (AvgIpc) is 2.99. The SMILES string of the molecule is O=C(N=Nc1c(O)n(Cc2ccccc2)c2ccccc12)c1cccnc1. The summed E-state index contributed by atoms with van der Waals surface area (Å²) < 4.78 is 1.76. The lowest BCUT2D eigenvalue weighted by Gasteiger charge is -2.06. The van der Waals surface area contributed by atoms with Crippen LogP contribution < -0.4 is 0 Å². The molecule has 4 rings (SSSR count). The number of hydrogen-bond donors (Lipinski definition) is 1. The van der Waals surface area contributed by atoms with Crippen LogP contribution in [0.2, 0.25) is 0 Å². The fourth-order valence-corrected chi connectivity index (χ4v) is 2.94. The van der Waals surface area contributed by atoms with E-state index < -0.39 is 5.91 Å². The van der Waals surface area contributed by atoms with Crippen LogP contribution in [-0.4, -0.2) is 20.6 Å². The number of rotatable bonds is 4. The van der Waals surface area contributed by atoms with Gasteiger partial charge in [0, 0.05) is 17.8 Å². The largest absolute Gasteiger partial charge is 0.493 e. The second kappa shape index (κ2) is 7.21. The van der Waals surface area contributed by atoms with Gasteiger partial charge in [-0.25, -0.2) is 0 Å². The highest BCUT2D eigenvalue weighted by molar-refractivity contribution is 5.97. The number of carbonyl (C=O) groups is 1. The molecule has 0 unspecified atom stereocenters. The summed E-state index contributed by atoms with van der Waals surface area (Å²) >= 11 is 0. The van der Waals surface area contributed by atoms with Crippen LogP contribution >= 0.6 is 0 Å². The lowest BCUT2D eigenvalue weighted by Crippen LogP contribution is -1.98. The molecular formula is C21H16N4O2. The van der Waals surface area contributed by atoms with Crippen molar-refractivity contribution in [2.45, 2.75) is 6.54 Å². The van der Waals surface area contributed by atoms with E-state index in [-0.39, 0.29) is 11.6 Å². The minimum Gasteiger partial charge on any atom is -0.493 e. The second-order valence-corrected chi connectivity index (χ2v) is 6.01. The van der Waals surface area contributed by atoms with Gasteiger partial charge in [0.05, 0.1) is 17.6 Å². The Bertz CT molecular complexity index is 1120. The van der Waals surface area contributed by atoms with Crippen molar-refractivity contribution in [3.8, 4) is 5.88 Å². The van der Waals surface area contributed by atoms with Gasteiger partial charge in [0.1, 0.15) is 0 Å². The van der Waals surface area contributed by atoms with E-state index in [1.54, 1.807) is 22.9 Å². The van der Waals surface area contributed by atoms with E-state index in [4.69, 9.17) is 0 Å². The number of carbonyl (C=O) groups excluding carboxylic acids is 1. The maximum Gasteiger partial charge on any atom is 0.296 e. The van der Waals surface area contributed by atoms with Crippen LogP contribution in [-0.2, 0) is 6.54 Å². The number of amides is 1. The molecule has 0 fully saturated rings. The molecule has 0 saturated carbocycles. The van der Waals surface area contributed by atoms with Crippen LogP contribution in [0.5, 0.6) is 5.88 Å². The Morgan fingerprint density at radius 1 is 1.00 bits per heavy atom. The first-order valence-corrected chi connectivity index (χ1v) is 8.44. The Hall–Kier alpha value is -3.80. The summed E-state index contributed by atoms with van der Waals surface area (Å²) in [7, 11) is 0. The number of fused-ring (bicyclic) bond motifs is 1. The quantitative estimate of drug-likeness (QED) is 0.538. The highest BCUT2D eigenvalue weighted by Gasteiger charge is 2.17. The average molecular weight is 356 g/mol. The molecule has 0 bridgehead atoms. The van der Waals surface area contributed by atoms with Crippen LogP contribution in [0.25, 0.3) is 10.9 Å². The number of hydrogen-bond acceptors (Lipinski definition) is 4. The number of aromatic nitrogens is 2. The van der Waals surface area contributed by atoms with Gasteiger partial charge in [0.2, 0.25) is 5.88 Å². The normalized spacial score (nSPS) is 11.3. The van der Waals surface area contributed by atoms with E-state index >= 15 is 0 Å². The summed E-state index contributed by atoms with van der Waals surface area (Å²) in [6, 6.07) is 20.6. The molecular weight excluding hydrogens is 340 g/mol. The highest BCUT2D eigenvalue weighted by Crippen LogP contribution is 2.39. The molecule has 1 amide bonds. The van der Waals surface area contributed by atoms with Crippen LogP contribution in [0.15, 0.2) is 89.4 Å². The molecule has 2 aromatic carbocycles. The number of aromatic hydroxyl groups is 1. The van der Waals surface area contributed by atoms with Crippen molar-refractivity contribution in [3.63, 3.8) is 0 Å². The lowest BCUT2D eigenvalue weighted by atomic mass is 10.2. The first-order valence-electron chi connectivity index (χ1n) is 8.44. The van der Waals surface area contributed by atoms with Gasteiger partial charge in [-0.15, -0.1) is 10.2 Å². The summed E-state index contributed by atoms with van der Waals surface area (Å²) in [5, 5.41) is 19.3. The Morgan fingerprint density at radius 2 is 1.78 bits per heavy atom. The maximum absolute atomic E-state index is 12.2. The summed E-state index contributed by atoms with van der Waals surface area (Å²) in [5.41, 5.74) is 2.48. The minimum atomic E-state index is -0.512. The van der Waals surface area contributed by atoms with Gasteiger partial charge < -0.3 is 9.67 Å². The zero-order valence-electron chi connectivity index (χ0n) is 14.4. The third kappa shape index (κ3) is 3.32. The van der Waals surface area contributed by atoms with E-state index in [2.05, 4.69) is 15.2 Å². The van der Waals surface area contributed by atoms with Gasteiger partial charge >= 0.3 is 0 Å². The van der Waals surface area contributed by atoms with Crippen LogP contribution in [0.1, 0.15) is 15.9 Å². The van der Waals surface area contributed by atoms with E-state index in [1.807, 2.05) is 54.6 Å². The number of benzene rings is 2. The van der Waals surface area contributed by atoms with Crippen molar-refractivity contribution in [1.82, 2.24) is 9.55 Å². The molecule has 0 aliphatic carbocycles. The predicted octanol–water partition coefficient (Wildman–Crippen LogP) is 4.71. The molecule has 6 nitrogen and oxygen atoms in total. The fraction of sp³-hybridized carbons (Fsp3) is 0.0476. The van der Waals surface area contributed by atoms with Gasteiger partial charge in [-0.1, -0.05) is 48.5 Å². The van der Waals surface area contributed by atoms with Gasteiger partial charge in [0.25, 0.3) is 5.91 Å². The van der Waals surface area contributed by atoms with Gasteiger partial charge in [-0.3, -0.25) is 9.78 Å². The molecule has 0 radical (unpaired) electrons. The second-order valence-electron chi connectivity index (χ2n) is 6.01. The van der Waals surface area contributed by atoms with Crippen molar-refractivity contribution >= 4 is 22.5 Å². The fourth-order valence-electron chi connectivity index (χ4n) is 2.94. The Morgan fingerprint density at radius 3 is 2.56 bits per heavy atom. The molecule has 0 saturated heterocycles. The molecule has 2 heterocycles. The van der Waals surface area contributed by atoms with Gasteiger partial charge in [-0.05, 0) is 23.8 Å². The van der Waals surface area contributed by atoms with E-state index in [0.717, 1.165) is 16.5 Å².